The van der Waals surface area contributed by atoms with Crippen molar-refractivity contribution in [2.75, 3.05) is 13.2 Å². The second-order valence-corrected chi connectivity index (χ2v) is 10.9. The van der Waals surface area contributed by atoms with Crippen LogP contribution in [0.3, 0.4) is 0 Å². The van der Waals surface area contributed by atoms with E-state index in [-0.39, 0.29) is 35.5 Å². The molecule has 0 N–H and O–H groups in total. The summed E-state index contributed by atoms with van der Waals surface area (Å²) >= 11 is 0. The van der Waals surface area contributed by atoms with Gasteiger partial charge in [0.15, 0.2) is 0 Å². The van der Waals surface area contributed by atoms with Gasteiger partial charge in [0.25, 0.3) is 11.8 Å². The maximum Gasteiger partial charge on any atom is 0.410 e. The predicted octanol–water partition coefficient (Wildman–Crippen LogP) is 4.93. The number of rotatable bonds is 5. The molecule has 0 radical (unpaired) electrons. The molecule has 8 heteroatoms. The van der Waals surface area contributed by atoms with Gasteiger partial charge in [-0.25, -0.2) is 9.59 Å². The summed E-state index contributed by atoms with van der Waals surface area (Å²) in [5.74, 6) is -2.12. The van der Waals surface area contributed by atoms with Gasteiger partial charge in [0, 0.05) is 18.5 Å². The van der Waals surface area contributed by atoms with Crippen molar-refractivity contribution in [3.05, 3.63) is 95.1 Å². The molecule has 0 aromatic heterocycles. The summed E-state index contributed by atoms with van der Waals surface area (Å²) in [6.07, 6.45) is 2.06. The zero-order chi connectivity index (χ0) is 26.7. The topological polar surface area (TPSA) is 93.2 Å². The number of carbonyl (C=O) groups is 4. The smallest absolute Gasteiger partial charge is 0.410 e. The number of fused-ring (bicyclic) bond motifs is 4. The van der Waals surface area contributed by atoms with Crippen molar-refractivity contribution in [2.24, 2.45) is 5.41 Å². The lowest BCUT2D eigenvalue weighted by atomic mass is 9.98. The molecule has 3 aromatic rings. The molecule has 7 rings (SSSR count). The van der Waals surface area contributed by atoms with Gasteiger partial charge in [-0.1, -0.05) is 65.7 Å². The third-order valence-electron chi connectivity index (χ3n) is 8.50. The van der Waals surface area contributed by atoms with E-state index in [2.05, 4.69) is 24.3 Å². The monoisotopic (exact) mass is 522 g/mol. The zero-order valence-corrected chi connectivity index (χ0v) is 21.2. The zero-order valence-electron chi connectivity index (χ0n) is 21.2. The minimum Gasteiger partial charge on any atom is -0.448 e. The Morgan fingerprint density at radius 2 is 1.33 bits per heavy atom. The largest absolute Gasteiger partial charge is 0.448 e. The first kappa shape index (κ1) is 23.6. The summed E-state index contributed by atoms with van der Waals surface area (Å²) in [5.41, 5.74) is 4.98. The summed E-state index contributed by atoms with van der Waals surface area (Å²) in [6.45, 7) is 0.719. The molecular formula is C31H26N2O6. The molecule has 4 aliphatic rings. The number of hydrogen-bond acceptors (Lipinski definition) is 6. The summed E-state index contributed by atoms with van der Waals surface area (Å²) in [7, 11) is 0. The lowest BCUT2D eigenvalue weighted by Crippen LogP contribution is -2.40. The van der Waals surface area contributed by atoms with Crippen LogP contribution in [-0.4, -0.2) is 53.0 Å². The molecule has 0 bridgehead atoms. The first-order valence-corrected chi connectivity index (χ1v) is 13.2. The van der Waals surface area contributed by atoms with Crippen LogP contribution in [0.5, 0.6) is 0 Å². The van der Waals surface area contributed by atoms with Gasteiger partial charge < -0.3 is 14.5 Å². The average molecular weight is 523 g/mol. The van der Waals surface area contributed by atoms with E-state index in [1.165, 1.54) is 12.1 Å². The van der Waals surface area contributed by atoms with Crippen molar-refractivity contribution >= 4 is 23.9 Å². The highest BCUT2D eigenvalue weighted by Crippen LogP contribution is 2.55. The number of carbonyl (C=O) groups excluding carboxylic acids is 4. The van der Waals surface area contributed by atoms with Gasteiger partial charge in [-0.05, 0) is 59.1 Å². The third kappa shape index (κ3) is 3.90. The summed E-state index contributed by atoms with van der Waals surface area (Å²) < 4.78 is 5.88. The maximum absolute atomic E-state index is 13.4. The van der Waals surface area contributed by atoms with Crippen LogP contribution in [0, 0.1) is 5.41 Å². The number of likely N-dealkylation sites (tertiary alicyclic amines) is 1. The molecule has 1 saturated heterocycles. The van der Waals surface area contributed by atoms with Crippen molar-refractivity contribution in [3.63, 3.8) is 0 Å². The highest BCUT2D eigenvalue weighted by atomic mass is 16.7. The van der Waals surface area contributed by atoms with Crippen LogP contribution < -0.4 is 0 Å². The fourth-order valence-corrected chi connectivity index (χ4v) is 6.36. The van der Waals surface area contributed by atoms with Crippen molar-refractivity contribution in [1.29, 1.82) is 0 Å². The number of hydrogen-bond donors (Lipinski definition) is 0. The highest BCUT2D eigenvalue weighted by Gasteiger charge is 2.54. The Hall–Kier alpha value is -4.46. The number of imide groups is 1. The van der Waals surface area contributed by atoms with Crippen LogP contribution in [0.4, 0.5) is 4.79 Å². The highest BCUT2D eigenvalue weighted by molar-refractivity contribution is 6.20. The molecule has 3 aromatic carbocycles. The normalized spacial score (nSPS) is 20.2. The van der Waals surface area contributed by atoms with E-state index in [9.17, 15) is 19.2 Å². The average Bonchev–Trinajstić information content (AvgIpc) is 3.42. The summed E-state index contributed by atoms with van der Waals surface area (Å²) in [4.78, 5) is 58.3. The van der Waals surface area contributed by atoms with E-state index in [0.717, 1.165) is 35.1 Å². The van der Waals surface area contributed by atoms with Crippen LogP contribution in [0.1, 0.15) is 63.4 Å². The van der Waals surface area contributed by atoms with Crippen molar-refractivity contribution in [2.45, 2.75) is 37.6 Å². The van der Waals surface area contributed by atoms with Crippen LogP contribution in [0.25, 0.3) is 11.1 Å². The Labute approximate surface area is 225 Å². The molecule has 2 aliphatic carbocycles. The molecule has 8 nitrogen and oxygen atoms in total. The number of nitrogens with zero attached hydrogens (tertiary/aromatic N) is 2. The Morgan fingerprint density at radius 1 is 0.795 bits per heavy atom. The predicted molar refractivity (Wildman–Crippen MR) is 139 cm³/mol. The second-order valence-electron chi connectivity index (χ2n) is 10.9. The molecule has 3 amide bonds. The molecule has 2 fully saturated rings. The maximum atomic E-state index is 13.4. The SMILES string of the molecule is O=C(C[C@@H]1CC2(CC2)CN1C(=O)OCC1c2ccccc2-c2ccccc21)ON1C(=O)c2ccccc2C1=O. The number of ether oxygens (including phenoxy) is 1. The first-order valence-electron chi connectivity index (χ1n) is 13.2. The van der Waals surface area contributed by atoms with E-state index in [0.29, 0.717) is 18.0 Å². The molecule has 1 saturated carbocycles. The number of hydroxylamine groups is 2. The van der Waals surface area contributed by atoms with Crippen molar-refractivity contribution < 1.29 is 28.8 Å². The van der Waals surface area contributed by atoms with Crippen molar-refractivity contribution in [1.82, 2.24) is 9.96 Å². The van der Waals surface area contributed by atoms with E-state index in [1.54, 1.807) is 17.0 Å². The second kappa shape index (κ2) is 8.80. The van der Waals surface area contributed by atoms with Gasteiger partial charge in [0.1, 0.15) is 6.61 Å². The van der Waals surface area contributed by atoms with Gasteiger partial charge in [-0.15, -0.1) is 0 Å². The van der Waals surface area contributed by atoms with Gasteiger partial charge in [0.05, 0.1) is 17.5 Å². The fourth-order valence-electron chi connectivity index (χ4n) is 6.36. The first-order chi connectivity index (χ1) is 18.9. The molecule has 0 unspecified atom stereocenters. The molecule has 196 valence electrons. The minimum absolute atomic E-state index is 0.00600. The van der Waals surface area contributed by atoms with Crippen LogP contribution >= 0.6 is 0 Å². The minimum atomic E-state index is -0.733. The summed E-state index contributed by atoms with van der Waals surface area (Å²) in [6, 6.07) is 22.2. The molecule has 1 spiro atoms. The molecule has 2 aliphatic heterocycles. The van der Waals surface area contributed by atoms with E-state index < -0.39 is 29.9 Å². The Balaban J connectivity index is 1.03. The quantitative estimate of drug-likeness (QED) is 0.441. The Bertz CT molecular complexity index is 1460. The molecule has 2 heterocycles. The lowest BCUT2D eigenvalue weighted by molar-refractivity contribution is -0.169. The van der Waals surface area contributed by atoms with Gasteiger partial charge >= 0.3 is 12.1 Å². The lowest BCUT2D eigenvalue weighted by Gasteiger charge is -2.25. The fraction of sp³-hybridized carbons (Fsp3) is 0.290. The number of amides is 3. The van der Waals surface area contributed by atoms with Crippen LogP contribution in [0.15, 0.2) is 72.8 Å². The van der Waals surface area contributed by atoms with E-state index in [1.807, 2.05) is 24.3 Å². The molecule has 1 atom stereocenters. The Kier molecular flexibility index (Phi) is 5.33. The van der Waals surface area contributed by atoms with Gasteiger partial charge in [-0.3, -0.25) is 9.59 Å². The van der Waals surface area contributed by atoms with Gasteiger partial charge in [-0.2, -0.15) is 0 Å². The van der Waals surface area contributed by atoms with Crippen LogP contribution in [-0.2, 0) is 14.4 Å². The van der Waals surface area contributed by atoms with Crippen molar-refractivity contribution in [3.8, 4) is 11.1 Å². The van der Waals surface area contributed by atoms with Crippen LogP contribution in [0.2, 0.25) is 0 Å². The van der Waals surface area contributed by atoms with E-state index >= 15 is 0 Å². The molecule has 39 heavy (non-hydrogen) atoms. The Morgan fingerprint density at radius 3 is 1.90 bits per heavy atom. The number of benzene rings is 3. The standard InChI is InChI=1S/C31H26N2O6/c34-27(39-33-28(35)24-11-5-6-12-25(24)29(33)36)15-19-16-31(13-14-31)18-32(19)30(37)38-17-26-22-9-3-1-7-20(22)21-8-2-4-10-23(21)26/h1-12,19,26H,13-18H2/t19-/m1/s1. The van der Waals surface area contributed by atoms with E-state index in [4.69, 9.17) is 9.57 Å². The van der Waals surface area contributed by atoms with Gasteiger partial charge in [0.2, 0.25) is 0 Å². The molecular weight excluding hydrogens is 496 g/mol. The third-order valence-corrected chi connectivity index (χ3v) is 8.50. The summed E-state index contributed by atoms with van der Waals surface area (Å²) in [5, 5.41) is 0.520.